The van der Waals surface area contributed by atoms with Crippen LogP contribution in [0.5, 0.6) is 5.75 Å². The van der Waals surface area contributed by atoms with Crippen LogP contribution in [0.3, 0.4) is 0 Å². The molecule has 7 nitrogen and oxygen atoms in total. The fourth-order valence-electron chi connectivity index (χ4n) is 2.29. The summed E-state index contributed by atoms with van der Waals surface area (Å²) in [4.78, 5) is 35.4. The van der Waals surface area contributed by atoms with Crippen molar-refractivity contribution in [2.75, 3.05) is 17.2 Å². The minimum atomic E-state index is -1.19. The van der Waals surface area contributed by atoms with Gasteiger partial charge in [0.1, 0.15) is 5.75 Å². The van der Waals surface area contributed by atoms with Gasteiger partial charge in [0, 0.05) is 22.7 Å². The Hall–Kier alpha value is -3.26. The summed E-state index contributed by atoms with van der Waals surface area (Å²) in [6.45, 7) is 4.19. The number of amides is 2. The van der Waals surface area contributed by atoms with Crippen molar-refractivity contribution in [2.45, 2.75) is 24.0 Å². The molecule has 152 valence electrons. The van der Waals surface area contributed by atoms with E-state index in [-0.39, 0.29) is 11.2 Å². The summed E-state index contributed by atoms with van der Waals surface area (Å²) in [6, 6.07) is 14.2. The standard InChI is InChI=1S/C21H22N2O5S/c1-3-28-18-7-5-4-6-17(18)23-21(27)14(2)29-16-10-8-15(9-11-16)22-19(24)12-13-20(25)26/h4-14H,3H2,1-2H3,(H,22,24)(H,23,27)(H,25,26)/b13-12+. The van der Waals surface area contributed by atoms with Crippen LogP contribution in [0.2, 0.25) is 0 Å². The summed E-state index contributed by atoms with van der Waals surface area (Å²) in [5, 5.41) is 13.6. The summed E-state index contributed by atoms with van der Waals surface area (Å²) >= 11 is 1.37. The number of ether oxygens (including phenoxy) is 1. The zero-order chi connectivity index (χ0) is 21.2. The average molecular weight is 414 g/mol. The second-order valence-corrected chi connectivity index (χ2v) is 7.28. The van der Waals surface area contributed by atoms with Crippen LogP contribution >= 0.6 is 11.8 Å². The van der Waals surface area contributed by atoms with Gasteiger partial charge in [-0.05, 0) is 50.2 Å². The molecule has 0 bridgehead atoms. The molecule has 29 heavy (non-hydrogen) atoms. The molecular weight excluding hydrogens is 392 g/mol. The van der Waals surface area contributed by atoms with Crippen LogP contribution in [-0.4, -0.2) is 34.7 Å². The van der Waals surface area contributed by atoms with Crippen LogP contribution in [0.4, 0.5) is 11.4 Å². The van der Waals surface area contributed by atoms with Crippen molar-refractivity contribution in [1.82, 2.24) is 0 Å². The smallest absolute Gasteiger partial charge is 0.328 e. The van der Waals surface area contributed by atoms with Crippen LogP contribution in [-0.2, 0) is 14.4 Å². The second-order valence-electron chi connectivity index (χ2n) is 5.86. The van der Waals surface area contributed by atoms with E-state index < -0.39 is 11.9 Å². The van der Waals surface area contributed by atoms with E-state index in [1.165, 1.54) is 11.8 Å². The fraction of sp³-hybridized carbons (Fsp3) is 0.190. The number of thioether (sulfide) groups is 1. The first-order valence-corrected chi connectivity index (χ1v) is 9.78. The largest absolute Gasteiger partial charge is 0.492 e. The lowest BCUT2D eigenvalue weighted by Crippen LogP contribution is -2.22. The van der Waals surface area contributed by atoms with E-state index in [0.29, 0.717) is 23.7 Å². The van der Waals surface area contributed by atoms with Crippen molar-refractivity contribution in [2.24, 2.45) is 0 Å². The summed E-state index contributed by atoms with van der Waals surface area (Å²) in [7, 11) is 0. The number of carboxylic acid groups (broad SMARTS) is 1. The fourth-order valence-corrected chi connectivity index (χ4v) is 3.16. The lowest BCUT2D eigenvalue weighted by Gasteiger charge is -2.15. The van der Waals surface area contributed by atoms with Gasteiger partial charge >= 0.3 is 5.97 Å². The molecule has 0 aliphatic rings. The van der Waals surface area contributed by atoms with Crippen molar-refractivity contribution >= 4 is 40.9 Å². The minimum Gasteiger partial charge on any atom is -0.492 e. The number of benzene rings is 2. The maximum atomic E-state index is 12.5. The first kappa shape index (κ1) is 22.0. The van der Waals surface area contributed by atoms with Crippen molar-refractivity contribution in [3.63, 3.8) is 0 Å². The lowest BCUT2D eigenvalue weighted by molar-refractivity contribution is -0.131. The number of hydrogen-bond donors (Lipinski definition) is 3. The molecule has 0 saturated carbocycles. The van der Waals surface area contributed by atoms with E-state index >= 15 is 0 Å². The summed E-state index contributed by atoms with van der Waals surface area (Å²) < 4.78 is 5.52. The molecule has 2 aromatic carbocycles. The van der Waals surface area contributed by atoms with E-state index in [0.717, 1.165) is 17.0 Å². The molecule has 0 spiro atoms. The van der Waals surface area contributed by atoms with Gasteiger partial charge in [0.05, 0.1) is 17.5 Å². The van der Waals surface area contributed by atoms with Crippen LogP contribution in [0.15, 0.2) is 65.6 Å². The van der Waals surface area contributed by atoms with Gasteiger partial charge < -0.3 is 20.5 Å². The first-order valence-electron chi connectivity index (χ1n) is 8.90. The third-order valence-corrected chi connectivity index (χ3v) is 4.74. The van der Waals surface area contributed by atoms with Crippen LogP contribution in [0.1, 0.15) is 13.8 Å². The number of anilines is 2. The predicted molar refractivity (Wildman–Crippen MR) is 113 cm³/mol. The van der Waals surface area contributed by atoms with Crippen molar-refractivity contribution in [1.29, 1.82) is 0 Å². The molecule has 0 heterocycles. The van der Waals surface area contributed by atoms with Crippen LogP contribution in [0, 0.1) is 0 Å². The highest BCUT2D eigenvalue weighted by Gasteiger charge is 2.16. The molecule has 0 saturated heterocycles. The molecule has 1 atom stereocenters. The number of nitrogens with one attached hydrogen (secondary N) is 2. The lowest BCUT2D eigenvalue weighted by atomic mass is 10.3. The third kappa shape index (κ3) is 7.34. The molecule has 0 aliphatic heterocycles. The van der Waals surface area contributed by atoms with E-state index in [1.54, 1.807) is 43.3 Å². The van der Waals surface area contributed by atoms with Gasteiger partial charge in [-0.25, -0.2) is 4.79 Å². The molecule has 0 aliphatic carbocycles. The monoisotopic (exact) mass is 414 g/mol. The quantitative estimate of drug-likeness (QED) is 0.426. The number of rotatable bonds is 9. The first-order chi connectivity index (χ1) is 13.9. The normalized spacial score (nSPS) is 11.7. The molecule has 0 radical (unpaired) electrons. The zero-order valence-electron chi connectivity index (χ0n) is 16.0. The van der Waals surface area contributed by atoms with E-state index in [2.05, 4.69) is 10.6 Å². The van der Waals surface area contributed by atoms with Gasteiger partial charge in [-0.2, -0.15) is 0 Å². The highest BCUT2D eigenvalue weighted by molar-refractivity contribution is 8.00. The Bertz CT molecular complexity index is 896. The Morgan fingerprint density at radius 3 is 2.41 bits per heavy atom. The maximum Gasteiger partial charge on any atom is 0.328 e. The SMILES string of the molecule is CCOc1ccccc1NC(=O)C(C)Sc1ccc(NC(=O)/C=C/C(=O)O)cc1. The zero-order valence-corrected chi connectivity index (χ0v) is 16.9. The Morgan fingerprint density at radius 2 is 1.76 bits per heavy atom. The topological polar surface area (TPSA) is 105 Å². The Kier molecular flexibility index (Phi) is 8.29. The predicted octanol–water partition coefficient (Wildman–Crippen LogP) is 3.78. The summed E-state index contributed by atoms with van der Waals surface area (Å²) in [5.74, 6) is -1.26. The van der Waals surface area contributed by atoms with Crippen molar-refractivity contribution < 1.29 is 24.2 Å². The van der Waals surface area contributed by atoms with E-state index in [1.807, 2.05) is 19.1 Å². The molecule has 2 rings (SSSR count). The van der Waals surface area contributed by atoms with Crippen LogP contribution in [0.25, 0.3) is 0 Å². The molecule has 0 fully saturated rings. The molecule has 3 N–H and O–H groups in total. The van der Waals surface area contributed by atoms with Gasteiger partial charge in [-0.3, -0.25) is 9.59 Å². The maximum absolute atomic E-state index is 12.5. The molecule has 0 aromatic heterocycles. The molecule has 8 heteroatoms. The third-order valence-electron chi connectivity index (χ3n) is 3.63. The number of aliphatic carboxylic acids is 1. The second kappa shape index (κ2) is 10.9. The Balaban J connectivity index is 1.93. The summed E-state index contributed by atoms with van der Waals surface area (Å²) in [6.07, 6.45) is 1.71. The van der Waals surface area contributed by atoms with Gasteiger partial charge in [0.15, 0.2) is 0 Å². The highest BCUT2D eigenvalue weighted by atomic mass is 32.2. The minimum absolute atomic E-state index is 0.154. The van der Waals surface area contributed by atoms with Gasteiger partial charge in [0.25, 0.3) is 0 Å². The number of carbonyl (C=O) groups excluding carboxylic acids is 2. The van der Waals surface area contributed by atoms with Crippen LogP contribution < -0.4 is 15.4 Å². The molecule has 2 amide bonds. The van der Waals surface area contributed by atoms with E-state index in [9.17, 15) is 14.4 Å². The average Bonchev–Trinajstić information content (AvgIpc) is 2.69. The Labute approximate surface area is 173 Å². The summed E-state index contributed by atoms with van der Waals surface area (Å²) in [5.41, 5.74) is 1.15. The molecule has 2 aromatic rings. The number of para-hydroxylation sites is 2. The molecule has 1 unspecified atom stereocenters. The van der Waals surface area contributed by atoms with Crippen molar-refractivity contribution in [3.8, 4) is 5.75 Å². The van der Waals surface area contributed by atoms with Gasteiger partial charge in [0.2, 0.25) is 11.8 Å². The number of hydrogen-bond acceptors (Lipinski definition) is 5. The number of carbonyl (C=O) groups is 3. The van der Waals surface area contributed by atoms with E-state index in [4.69, 9.17) is 9.84 Å². The highest BCUT2D eigenvalue weighted by Crippen LogP contribution is 2.28. The van der Waals surface area contributed by atoms with Crippen molar-refractivity contribution in [3.05, 3.63) is 60.7 Å². The Morgan fingerprint density at radius 1 is 1.07 bits per heavy atom. The molecular formula is C21H22N2O5S. The van der Waals surface area contributed by atoms with Gasteiger partial charge in [-0.15, -0.1) is 11.8 Å². The van der Waals surface area contributed by atoms with Gasteiger partial charge in [-0.1, -0.05) is 12.1 Å². The number of carboxylic acids is 1.